The van der Waals surface area contributed by atoms with Crippen molar-refractivity contribution in [2.45, 2.75) is 58.5 Å². The second-order valence-electron chi connectivity index (χ2n) is 7.72. The van der Waals surface area contributed by atoms with Crippen LogP contribution in [-0.2, 0) is 12.6 Å². The number of rotatable bonds is 5. The smallest absolute Gasteiger partial charge is 0.243 e. The molecule has 1 aromatic carbocycles. The van der Waals surface area contributed by atoms with E-state index in [1.807, 2.05) is 17.8 Å². The number of aromatic nitrogens is 2. The Morgan fingerprint density at radius 1 is 1.30 bits per heavy atom. The van der Waals surface area contributed by atoms with Crippen molar-refractivity contribution in [1.29, 1.82) is 0 Å². The molecule has 1 aliphatic rings. The summed E-state index contributed by atoms with van der Waals surface area (Å²) in [6.45, 7) is 4.20. The van der Waals surface area contributed by atoms with Crippen molar-refractivity contribution < 1.29 is 13.2 Å². The van der Waals surface area contributed by atoms with Crippen LogP contribution in [0.2, 0.25) is 0 Å². The highest BCUT2D eigenvalue weighted by atomic mass is 127. The van der Waals surface area contributed by atoms with Gasteiger partial charge in [0.1, 0.15) is 4.61 Å². The van der Waals surface area contributed by atoms with E-state index < -0.39 is 11.7 Å². The SMILES string of the molecule is CCCCc1cc(C(F)(F)F)ccc1C1=N/C(Br)=C(/n2cc(I)cn2)CCC(C)C1. The molecule has 1 aliphatic heterocycles. The lowest BCUT2D eigenvalue weighted by molar-refractivity contribution is -0.137. The van der Waals surface area contributed by atoms with Crippen molar-refractivity contribution >= 4 is 49.9 Å². The molecule has 3 nitrogen and oxygen atoms in total. The molecular weight excluding hydrogens is 570 g/mol. The fourth-order valence-electron chi connectivity index (χ4n) is 3.60. The number of nitrogens with zero attached hydrogens (tertiary/aromatic N) is 3. The molecule has 0 saturated heterocycles. The molecule has 0 N–H and O–H groups in total. The van der Waals surface area contributed by atoms with E-state index in [1.54, 1.807) is 12.3 Å². The maximum atomic E-state index is 13.3. The van der Waals surface area contributed by atoms with Gasteiger partial charge in [-0.25, -0.2) is 9.67 Å². The van der Waals surface area contributed by atoms with E-state index in [0.717, 1.165) is 52.6 Å². The molecule has 0 saturated carbocycles. The highest BCUT2D eigenvalue weighted by molar-refractivity contribution is 14.1. The van der Waals surface area contributed by atoms with Crippen molar-refractivity contribution in [2.24, 2.45) is 10.9 Å². The van der Waals surface area contributed by atoms with Crippen LogP contribution >= 0.6 is 38.5 Å². The molecule has 8 heteroatoms. The second-order valence-corrected chi connectivity index (χ2v) is 9.72. The molecule has 0 amide bonds. The summed E-state index contributed by atoms with van der Waals surface area (Å²) in [6.07, 6.45) is 4.26. The minimum atomic E-state index is -4.35. The maximum Gasteiger partial charge on any atom is 0.416 e. The Kier molecular flexibility index (Phi) is 7.81. The van der Waals surface area contributed by atoms with Crippen LogP contribution in [-0.4, -0.2) is 15.5 Å². The van der Waals surface area contributed by atoms with Gasteiger partial charge in [0.05, 0.1) is 21.0 Å². The van der Waals surface area contributed by atoms with Gasteiger partial charge in [-0.1, -0.05) is 26.3 Å². The van der Waals surface area contributed by atoms with Crippen molar-refractivity contribution in [3.8, 4) is 0 Å². The number of aliphatic imine (C=N–C) groups is 1. The molecular formula is C22H24BrF3IN3. The quantitative estimate of drug-likeness (QED) is 0.258. The standard InChI is InChI=1S/C22H24BrF3IN3/c1-3-4-5-15-11-16(22(24,25)26)7-8-18(15)19-10-14(2)6-9-20(21(23)29-19)30-13-17(27)12-28-30/h7-8,11-14H,3-6,9-10H2,1-2H3/b21-20+,29-19?. The topological polar surface area (TPSA) is 30.2 Å². The molecule has 1 aromatic heterocycles. The zero-order valence-electron chi connectivity index (χ0n) is 16.9. The zero-order valence-corrected chi connectivity index (χ0v) is 20.7. The van der Waals surface area contributed by atoms with Crippen LogP contribution in [0.25, 0.3) is 5.70 Å². The minimum Gasteiger partial charge on any atom is -0.243 e. The summed E-state index contributed by atoms with van der Waals surface area (Å²) in [5.41, 5.74) is 2.72. The van der Waals surface area contributed by atoms with E-state index in [0.29, 0.717) is 22.5 Å². The molecule has 0 spiro atoms. The second kappa shape index (κ2) is 9.97. The summed E-state index contributed by atoms with van der Waals surface area (Å²) in [5.74, 6) is 0.357. The summed E-state index contributed by atoms with van der Waals surface area (Å²) < 4.78 is 43.4. The van der Waals surface area contributed by atoms with Crippen LogP contribution in [0.15, 0.2) is 40.2 Å². The number of unbranched alkanes of at least 4 members (excludes halogenated alkanes) is 1. The van der Waals surface area contributed by atoms with Crippen LogP contribution in [0, 0.1) is 9.49 Å². The number of allylic oxidation sites excluding steroid dienone is 1. The first-order valence-electron chi connectivity index (χ1n) is 10.1. The summed E-state index contributed by atoms with van der Waals surface area (Å²) in [7, 11) is 0. The number of halogens is 5. The van der Waals surface area contributed by atoms with Gasteiger partial charge in [0.25, 0.3) is 0 Å². The van der Waals surface area contributed by atoms with Gasteiger partial charge in [-0.2, -0.15) is 18.3 Å². The van der Waals surface area contributed by atoms with E-state index in [-0.39, 0.29) is 0 Å². The van der Waals surface area contributed by atoms with Crippen molar-refractivity contribution in [3.63, 3.8) is 0 Å². The summed E-state index contributed by atoms with van der Waals surface area (Å²) in [4.78, 5) is 4.85. The van der Waals surface area contributed by atoms with Gasteiger partial charge in [-0.15, -0.1) is 0 Å². The van der Waals surface area contributed by atoms with Gasteiger partial charge in [-0.3, -0.25) is 0 Å². The van der Waals surface area contributed by atoms with Crippen LogP contribution in [0.3, 0.4) is 0 Å². The monoisotopic (exact) mass is 593 g/mol. The molecule has 0 radical (unpaired) electrons. The first-order chi connectivity index (χ1) is 14.2. The third-order valence-corrected chi connectivity index (χ3v) is 6.45. The van der Waals surface area contributed by atoms with Crippen molar-refractivity contribution in [3.05, 3.63) is 55.5 Å². The molecule has 2 heterocycles. The van der Waals surface area contributed by atoms with Gasteiger partial charge >= 0.3 is 6.18 Å². The highest BCUT2D eigenvalue weighted by Crippen LogP contribution is 2.34. The van der Waals surface area contributed by atoms with E-state index >= 15 is 0 Å². The van der Waals surface area contributed by atoms with Gasteiger partial charge in [0.15, 0.2) is 0 Å². The average Bonchev–Trinajstić information content (AvgIpc) is 3.09. The number of aryl methyl sites for hydroxylation is 1. The van der Waals surface area contributed by atoms with Crippen molar-refractivity contribution in [2.75, 3.05) is 0 Å². The lowest BCUT2D eigenvalue weighted by Crippen LogP contribution is -2.15. The molecule has 3 rings (SSSR count). The maximum absolute atomic E-state index is 13.3. The lowest BCUT2D eigenvalue weighted by Gasteiger charge is -2.21. The Hall–Kier alpha value is -1.16. The molecule has 162 valence electrons. The zero-order chi connectivity index (χ0) is 21.9. The van der Waals surface area contributed by atoms with Crippen molar-refractivity contribution in [1.82, 2.24) is 9.78 Å². The van der Waals surface area contributed by atoms with Gasteiger partial charge in [0, 0.05) is 11.9 Å². The predicted molar refractivity (Wildman–Crippen MR) is 127 cm³/mol. The van der Waals surface area contributed by atoms with E-state index in [4.69, 9.17) is 4.99 Å². The van der Waals surface area contributed by atoms with Crippen LogP contribution in [0.1, 0.15) is 62.6 Å². The Morgan fingerprint density at radius 3 is 2.70 bits per heavy atom. The normalized spacial score (nSPS) is 20.6. The lowest BCUT2D eigenvalue weighted by atomic mass is 9.89. The molecule has 1 unspecified atom stereocenters. The van der Waals surface area contributed by atoms with E-state index in [9.17, 15) is 13.2 Å². The first kappa shape index (κ1) is 23.5. The summed E-state index contributed by atoms with van der Waals surface area (Å²) >= 11 is 5.83. The fraction of sp³-hybridized carbons (Fsp3) is 0.455. The molecule has 0 bridgehead atoms. The Labute approximate surface area is 197 Å². The van der Waals surface area contributed by atoms with Crippen LogP contribution < -0.4 is 0 Å². The van der Waals surface area contributed by atoms with Gasteiger partial charge in [0.2, 0.25) is 0 Å². The van der Waals surface area contributed by atoms with Gasteiger partial charge < -0.3 is 0 Å². The Balaban J connectivity index is 2.10. The number of hydrogen-bond acceptors (Lipinski definition) is 2. The molecule has 2 aromatic rings. The van der Waals surface area contributed by atoms with Crippen LogP contribution in [0.4, 0.5) is 13.2 Å². The average molecular weight is 594 g/mol. The third-order valence-electron chi connectivity index (χ3n) is 5.26. The molecule has 30 heavy (non-hydrogen) atoms. The predicted octanol–water partition coefficient (Wildman–Crippen LogP) is 7.68. The Bertz CT molecular complexity index is 963. The molecule has 0 fully saturated rings. The third kappa shape index (κ3) is 5.75. The fourth-order valence-corrected chi connectivity index (χ4v) is 4.58. The van der Waals surface area contributed by atoms with E-state index in [1.165, 1.54) is 12.1 Å². The summed E-state index contributed by atoms with van der Waals surface area (Å²) in [6, 6.07) is 4.06. The minimum absolute atomic E-state index is 0.357. The molecule has 0 aliphatic carbocycles. The number of hydrogen-bond donors (Lipinski definition) is 0. The molecule has 1 atom stereocenters. The summed E-state index contributed by atoms with van der Waals surface area (Å²) in [5, 5.41) is 4.41. The first-order valence-corrected chi connectivity index (χ1v) is 11.9. The van der Waals surface area contributed by atoms with Crippen LogP contribution in [0.5, 0.6) is 0 Å². The largest absolute Gasteiger partial charge is 0.416 e. The number of benzene rings is 1. The number of alkyl halides is 3. The van der Waals surface area contributed by atoms with E-state index in [2.05, 4.69) is 50.5 Å². The highest BCUT2D eigenvalue weighted by Gasteiger charge is 2.31. The van der Waals surface area contributed by atoms with Gasteiger partial charge in [-0.05, 0) is 99.8 Å². The Morgan fingerprint density at radius 2 is 2.07 bits per heavy atom.